The molecule has 0 saturated carbocycles. The van der Waals surface area contributed by atoms with Crippen LogP contribution < -0.4 is 0 Å². The molecule has 0 fully saturated rings. The van der Waals surface area contributed by atoms with Gasteiger partial charge in [0.1, 0.15) is 5.82 Å². The zero-order chi connectivity index (χ0) is 37.0. The van der Waals surface area contributed by atoms with Gasteiger partial charge < -0.3 is 0 Å². The zero-order valence-corrected chi connectivity index (χ0v) is 30.2. The lowest BCUT2D eigenvalue weighted by Crippen LogP contribution is -2.06. The standard InChI is InChI=1S/C50H32N6/c1-5-17-33(18-6-1)37-29-42(34-19-7-2-8-20-34)51-47(30-37)55-43-27-15-13-25-38(43)40-31-41-39-26-14-16-28-44(39)56(46(41)32-45(40)55)50-53-48(35-21-9-3-10-22-35)52-49(54-50)36-23-11-4-12-24-36/h1-32H. The highest BCUT2D eigenvalue weighted by Crippen LogP contribution is 2.40. The van der Waals surface area contributed by atoms with E-state index in [9.17, 15) is 0 Å². The van der Waals surface area contributed by atoms with Gasteiger partial charge in [0.15, 0.2) is 11.6 Å². The fraction of sp³-hybridized carbons (Fsp3) is 0. The van der Waals surface area contributed by atoms with Gasteiger partial charge >= 0.3 is 0 Å². The van der Waals surface area contributed by atoms with Gasteiger partial charge in [-0.25, -0.2) is 9.97 Å². The Morgan fingerprint density at radius 2 is 0.750 bits per heavy atom. The van der Waals surface area contributed by atoms with Crippen molar-refractivity contribution in [1.82, 2.24) is 29.1 Å². The molecule has 4 aromatic heterocycles. The lowest BCUT2D eigenvalue weighted by atomic mass is 10.0. The highest BCUT2D eigenvalue weighted by molar-refractivity contribution is 6.19. The topological polar surface area (TPSA) is 61.4 Å². The molecule has 0 atom stereocenters. The van der Waals surface area contributed by atoms with Gasteiger partial charge in [-0.15, -0.1) is 0 Å². The second-order valence-corrected chi connectivity index (χ2v) is 13.9. The molecule has 7 aromatic carbocycles. The summed E-state index contributed by atoms with van der Waals surface area (Å²) < 4.78 is 4.50. The van der Waals surface area contributed by atoms with Gasteiger partial charge in [-0.05, 0) is 47.5 Å². The van der Waals surface area contributed by atoms with Crippen molar-refractivity contribution in [2.24, 2.45) is 0 Å². The van der Waals surface area contributed by atoms with Crippen LogP contribution in [0.1, 0.15) is 0 Å². The Balaban J connectivity index is 1.23. The summed E-state index contributed by atoms with van der Waals surface area (Å²) in [5.41, 5.74) is 10.2. The van der Waals surface area contributed by atoms with Crippen molar-refractivity contribution in [2.75, 3.05) is 0 Å². The molecule has 0 aliphatic heterocycles. The Bertz CT molecular complexity index is 2890. The van der Waals surface area contributed by atoms with Crippen molar-refractivity contribution in [3.63, 3.8) is 0 Å². The smallest absolute Gasteiger partial charge is 0.238 e. The molecule has 56 heavy (non-hydrogen) atoms. The average Bonchev–Trinajstić information content (AvgIpc) is 3.78. The van der Waals surface area contributed by atoms with Crippen LogP contribution in [0.5, 0.6) is 0 Å². The summed E-state index contributed by atoms with van der Waals surface area (Å²) in [5, 5.41) is 4.55. The summed E-state index contributed by atoms with van der Waals surface area (Å²) in [4.78, 5) is 20.8. The van der Waals surface area contributed by atoms with Crippen molar-refractivity contribution in [1.29, 1.82) is 0 Å². The first-order chi connectivity index (χ1) is 27.8. The maximum Gasteiger partial charge on any atom is 0.238 e. The summed E-state index contributed by atoms with van der Waals surface area (Å²) in [7, 11) is 0. The summed E-state index contributed by atoms with van der Waals surface area (Å²) in [6.07, 6.45) is 0. The molecule has 0 saturated heterocycles. The number of benzene rings is 7. The van der Waals surface area contributed by atoms with Crippen LogP contribution in [0.3, 0.4) is 0 Å². The molecule has 0 bridgehead atoms. The van der Waals surface area contributed by atoms with Crippen molar-refractivity contribution >= 4 is 43.6 Å². The lowest BCUT2D eigenvalue weighted by Gasteiger charge is -2.13. The third kappa shape index (κ3) is 5.27. The number of rotatable bonds is 6. The van der Waals surface area contributed by atoms with E-state index >= 15 is 0 Å². The molecule has 0 radical (unpaired) electrons. The maximum atomic E-state index is 5.39. The third-order valence-electron chi connectivity index (χ3n) is 10.6. The minimum absolute atomic E-state index is 0.557. The Hall–Kier alpha value is -7.70. The van der Waals surface area contributed by atoms with Crippen molar-refractivity contribution in [2.45, 2.75) is 0 Å². The molecule has 0 amide bonds. The minimum Gasteiger partial charge on any atom is -0.294 e. The van der Waals surface area contributed by atoms with E-state index in [2.05, 4.69) is 137 Å². The second kappa shape index (κ2) is 13.0. The SMILES string of the molecule is c1ccc(-c2cc(-c3ccccc3)nc(-n3c4ccccc4c4cc5c6ccccc6n(-c6nc(-c7ccccc7)nc(-c7ccccc7)n6)c5cc43)c2)cc1. The van der Waals surface area contributed by atoms with Crippen LogP contribution in [0.25, 0.3) is 101 Å². The van der Waals surface area contributed by atoms with Crippen molar-refractivity contribution in [3.05, 3.63) is 194 Å². The van der Waals surface area contributed by atoms with Gasteiger partial charge in [0.05, 0.1) is 27.8 Å². The molecule has 6 heteroatoms. The summed E-state index contributed by atoms with van der Waals surface area (Å²) in [6, 6.07) is 67.4. The first-order valence-corrected chi connectivity index (χ1v) is 18.7. The van der Waals surface area contributed by atoms with Crippen LogP contribution in [0.15, 0.2) is 194 Å². The molecule has 0 unspecified atom stereocenters. The quantitative estimate of drug-likeness (QED) is 0.172. The third-order valence-corrected chi connectivity index (χ3v) is 10.6. The highest BCUT2D eigenvalue weighted by Gasteiger charge is 2.22. The van der Waals surface area contributed by atoms with Crippen molar-refractivity contribution < 1.29 is 0 Å². The first kappa shape index (κ1) is 31.8. The van der Waals surface area contributed by atoms with E-state index in [1.54, 1.807) is 0 Å². The predicted molar refractivity (Wildman–Crippen MR) is 228 cm³/mol. The fourth-order valence-corrected chi connectivity index (χ4v) is 7.98. The van der Waals surface area contributed by atoms with E-state index in [1.165, 1.54) is 0 Å². The monoisotopic (exact) mass is 716 g/mol. The van der Waals surface area contributed by atoms with E-state index in [0.717, 1.165) is 82.9 Å². The van der Waals surface area contributed by atoms with Gasteiger partial charge in [-0.1, -0.05) is 158 Å². The molecule has 4 heterocycles. The number of hydrogen-bond acceptors (Lipinski definition) is 4. The summed E-state index contributed by atoms with van der Waals surface area (Å²) in [6.45, 7) is 0. The molecular formula is C50H32N6. The van der Waals surface area contributed by atoms with E-state index < -0.39 is 0 Å². The Labute approximate surface area is 322 Å². The van der Waals surface area contributed by atoms with Crippen LogP contribution in [0, 0.1) is 0 Å². The second-order valence-electron chi connectivity index (χ2n) is 13.9. The number of fused-ring (bicyclic) bond motifs is 6. The molecule has 0 aliphatic carbocycles. The van der Waals surface area contributed by atoms with Crippen LogP contribution in [-0.4, -0.2) is 29.1 Å². The number of pyridine rings is 1. The fourth-order valence-electron chi connectivity index (χ4n) is 7.98. The van der Waals surface area contributed by atoms with Crippen LogP contribution >= 0.6 is 0 Å². The molecule has 11 rings (SSSR count). The largest absolute Gasteiger partial charge is 0.294 e. The van der Waals surface area contributed by atoms with Gasteiger partial charge in [-0.3, -0.25) is 9.13 Å². The molecule has 0 spiro atoms. The lowest BCUT2D eigenvalue weighted by molar-refractivity contribution is 0.953. The van der Waals surface area contributed by atoms with Gasteiger partial charge in [0, 0.05) is 38.2 Å². The summed E-state index contributed by atoms with van der Waals surface area (Å²) >= 11 is 0. The molecule has 0 aliphatic rings. The summed E-state index contributed by atoms with van der Waals surface area (Å²) in [5.74, 6) is 2.63. The van der Waals surface area contributed by atoms with Gasteiger partial charge in [0.25, 0.3) is 0 Å². The maximum absolute atomic E-state index is 5.39. The number of nitrogens with zero attached hydrogens (tertiary/aromatic N) is 6. The normalized spacial score (nSPS) is 11.6. The van der Waals surface area contributed by atoms with Crippen LogP contribution in [0.2, 0.25) is 0 Å². The number of para-hydroxylation sites is 2. The molecule has 6 nitrogen and oxygen atoms in total. The van der Waals surface area contributed by atoms with Gasteiger partial charge in [0.2, 0.25) is 5.95 Å². The average molecular weight is 717 g/mol. The molecule has 0 N–H and O–H groups in total. The number of hydrogen-bond donors (Lipinski definition) is 0. The van der Waals surface area contributed by atoms with Crippen LogP contribution in [-0.2, 0) is 0 Å². The van der Waals surface area contributed by atoms with E-state index in [1.807, 2.05) is 66.7 Å². The van der Waals surface area contributed by atoms with E-state index in [0.29, 0.717) is 17.6 Å². The Kier molecular flexibility index (Phi) is 7.38. The minimum atomic E-state index is 0.557. The predicted octanol–water partition coefficient (Wildman–Crippen LogP) is 12.1. The van der Waals surface area contributed by atoms with E-state index in [-0.39, 0.29) is 0 Å². The molecule has 11 aromatic rings. The molecular weight excluding hydrogens is 685 g/mol. The van der Waals surface area contributed by atoms with Crippen molar-refractivity contribution in [3.8, 4) is 56.9 Å². The van der Waals surface area contributed by atoms with Crippen LogP contribution in [0.4, 0.5) is 0 Å². The Morgan fingerprint density at radius 3 is 1.32 bits per heavy atom. The number of aromatic nitrogens is 6. The highest BCUT2D eigenvalue weighted by atomic mass is 15.2. The van der Waals surface area contributed by atoms with E-state index in [4.69, 9.17) is 19.9 Å². The zero-order valence-electron chi connectivity index (χ0n) is 30.2. The first-order valence-electron chi connectivity index (χ1n) is 18.7. The molecule has 262 valence electrons. The Morgan fingerprint density at radius 1 is 0.286 bits per heavy atom. The van der Waals surface area contributed by atoms with Gasteiger partial charge in [-0.2, -0.15) is 9.97 Å².